The zero-order valence-electron chi connectivity index (χ0n) is 12.9. The zero-order chi connectivity index (χ0) is 17.2. The van der Waals surface area contributed by atoms with Gasteiger partial charge in [0.1, 0.15) is 22.3 Å². The zero-order valence-corrected chi connectivity index (χ0v) is 14.5. The second-order valence-corrected chi connectivity index (χ2v) is 6.84. The maximum atomic E-state index is 8.90. The smallest absolute Gasteiger partial charge is 0.236 e. The molecule has 2 aliphatic rings. The first-order valence-corrected chi connectivity index (χ1v) is 8.93. The number of anilines is 1. The van der Waals surface area contributed by atoms with E-state index in [1.54, 1.807) is 35.6 Å². The van der Waals surface area contributed by atoms with Gasteiger partial charge in [-0.3, -0.25) is 0 Å². The number of dihydropyridines is 1. The number of halogens is 1. The summed E-state index contributed by atoms with van der Waals surface area (Å²) >= 11 is 7.70. The van der Waals surface area contributed by atoms with Crippen molar-refractivity contribution >= 4 is 34.5 Å². The van der Waals surface area contributed by atoms with Gasteiger partial charge in [-0.25, -0.2) is 4.99 Å². The van der Waals surface area contributed by atoms with E-state index < -0.39 is 0 Å². The Bertz CT molecular complexity index is 923. The Morgan fingerprint density at radius 3 is 2.84 bits per heavy atom. The van der Waals surface area contributed by atoms with E-state index in [1.165, 1.54) is 0 Å². The number of hydrogen-bond donors (Lipinski definition) is 2. The summed E-state index contributed by atoms with van der Waals surface area (Å²) in [7, 11) is 0. The largest absolute Gasteiger partial charge is 0.438 e. The fourth-order valence-electron chi connectivity index (χ4n) is 2.57. The van der Waals surface area contributed by atoms with Crippen LogP contribution in [0.25, 0.3) is 0 Å². The van der Waals surface area contributed by atoms with Crippen molar-refractivity contribution in [2.24, 2.45) is 4.99 Å². The van der Waals surface area contributed by atoms with E-state index in [2.05, 4.69) is 16.7 Å². The lowest BCUT2D eigenvalue weighted by molar-refractivity contribution is 0.544. The van der Waals surface area contributed by atoms with E-state index in [-0.39, 0.29) is 11.7 Å². The molecule has 0 radical (unpaired) electrons. The van der Waals surface area contributed by atoms with Crippen molar-refractivity contribution in [3.05, 3.63) is 70.1 Å². The molecule has 0 spiro atoms. The quantitative estimate of drug-likeness (QED) is 0.624. The molecule has 0 saturated carbocycles. The number of aliphatic imine (C=N–C) groups is 1. The molecule has 1 aromatic heterocycles. The molecule has 2 unspecified atom stereocenters. The summed E-state index contributed by atoms with van der Waals surface area (Å²) < 4.78 is 6.00. The Balaban J connectivity index is 1.65. The molecule has 0 fully saturated rings. The Morgan fingerprint density at radius 1 is 1.24 bits per heavy atom. The van der Waals surface area contributed by atoms with E-state index in [9.17, 15) is 0 Å². The van der Waals surface area contributed by atoms with Gasteiger partial charge < -0.3 is 15.4 Å². The van der Waals surface area contributed by atoms with E-state index in [0.29, 0.717) is 17.2 Å². The number of nitrogens with zero attached hydrogens (tertiary/aromatic N) is 2. The highest BCUT2D eigenvalue weighted by atomic mass is 35.5. The van der Waals surface area contributed by atoms with Gasteiger partial charge in [0, 0.05) is 0 Å². The lowest BCUT2D eigenvalue weighted by atomic mass is 10.1. The third-order valence-electron chi connectivity index (χ3n) is 3.78. The highest BCUT2D eigenvalue weighted by Gasteiger charge is 2.26. The monoisotopic (exact) mass is 368 g/mol. The number of rotatable bonds is 2. The lowest BCUT2D eigenvalue weighted by Crippen LogP contribution is -2.31. The molecule has 2 atom stereocenters. The van der Waals surface area contributed by atoms with Crippen LogP contribution in [0, 0.1) is 11.3 Å². The summed E-state index contributed by atoms with van der Waals surface area (Å²) in [5.41, 5.74) is 2.28. The summed E-state index contributed by atoms with van der Waals surface area (Å²) in [6.45, 7) is 0. The molecule has 0 aliphatic carbocycles. The number of ether oxygens (including phenoxy) is 1. The molecule has 2 aromatic rings. The predicted octanol–water partition coefficient (Wildman–Crippen LogP) is 3.81. The number of fused-ring (bicyclic) bond motifs is 1. The van der Waals surface area contributed by atoms with Gasteiger partial charge in [0.15, 0.2) is 0 Å². The van der Waals surface area contributed by atoms with Crippen LogP contribution in [0.3, 0.4) is 0 Å². The molecule has 124 valence electrons. The minimum absolute atomic E-state index is 0.260. The van der Waals surface area contributed by atoms with Crippen LogP contribution in [0.2, 0.25) is 0 Å². The van der Waals surface area contributed by atoms with Gasteiger partial charge in [0.05, 0.1) is 17.3 Å². The van der Waals surface area contributed by atoms with Gasteiger partial charge in [-0.15, -0.1) is 11.3 Å². The number of hydrogen-bond acceptors (Lipinski definition) is 6. The Hall–Kier alpha value is -2.75. The molecule has 3 heterocycles. The highest BCUT2D eigenvalue weighted by molar-refractivity contribution is 7.12. The fourth-order valence-corrected chi connectivity index (χ4v) is 3.58. The van der Waals surface area contributed by atoms with E-state index >= 15 is 0 Å². The van der Waals surface area contributed by atoms with Crippen molar-refractivity contribution in [3.63, 3.8) is 0 Å². The van der Waals surface area contributed by atoms with Gasteiger partial charge in [-0.1, -0.05) is 11.6 Å². The molecule has 2 aliphatic heterocycles. The van der Waals surface area contributed by atoms with Crippen LogP contribution in [0.5, 0.6) is 5.75 Å². The molecule has 0 bridgehead atoms. The summed E-state index contributed by atoms with van der Waals surface area (Å²) in [4.78, 5) is 5.66. The van der Waals surface area contributed by atoms with Gasteiger partial charge in [0.2, 0.25) is 5.90 Å². The first-order chi connectivity index (χ1) is 12.2. The van der Waals surface area contributed by atoms with Crippen molar-refractivity contribution < 1.29 is 4.74 Å². The minimum atomic E-state index is -0.268. The predicted molar refractivity (Wildman–Crippen MR) is 100 cm³/mol. The minimum Gasteiger partial charge on any atom is -0.438 e. The van der Waals surface area contributed by atoms with E-state index in [0.717, 1.165) is 16.1 Å². The van der Waals surface area contributed by atoms with Crippen molar-refractivity contribution in [1.29, 1.82) is 5.26 Å². The van der Waals surface area contributed by atoms with Crippen LogP contribution in [0.1, 0.15) is 10.4 Å². The molecule has 5 nitrogen and oxygen atoms in total. The van der Waals surface area contributed by atoms with Crippen molar-refractivity contribution in [2.75, 3.05) is 5.32 Å². The molecule has 1 aromatic carbocycles. The Labute approximate surface area is 153 Å². The summed E-state index contributed by atoms with van der Waals surface area (Å²) in [5.74, 6) is 1.19. The van der Waals surface area contributed by atoms with Gasteiger partial charge in [-0.2, -0.15) is 5.26 Å². The molecule has 0 amide bonds. The van der Waals surface area contributed by atoms with Crippen LogP contribution in [0.4, 0.5) is 5.69 Å². The van der Waals surface area contributed by atoms with Gasteiger partial charge in [-0.05, 0) is 59.6 Å². The van der Waals surface area contributed by atoms with Crippen LogP contribution in [-0.4, -0.2) is 17.6 Å². The van der Waals surface area contributed by atoms with Crippen molar-refractivity contribution in [2.45, 2.75) is 11.7 Å². The van der Waals surface area contributed by atoms with Crippen LogP contribution in [0.15, 0.2) is 64.6 Å². The Morgan fingerprint density at radius 2 is 2.08 bits per heavy atom. The third-order valence-corrected chi connectivity index (χ3v) is 4.94. The second kappa shape index (κ2) is 6.63. The number of benzene rings is 1. The normalized spacial score (nSPS) is 21.1. The molecular formula is C18H13ClN4OS. The van der Waals surface area contributed by atoms with E-state index in [1.807, 2.05) is 29.8 Å². The maximum absolute atomic E-state index is 8.90. The molecule has 7 heteroatoms. The van der Waals surface area contributed by atoms with Crippen LogP contribution >= 0.6 is 22.9 Å². The fraction of sp³-hybridized carbons (Fsp3) is 0.111. The summed E-state index contributed by atoms with van der Waals surface area (Å²) in [5, 5.41) is 17.3. The molecule has 0 saturated heterocycles. The van der Waals surface area contributed by atoms with Crippen molar-refractivity contribution in [1.82, 2.24) is 5.32 Å². The van der Waals surface area contributed by atoms with Gasteiger partial charge in [0.25, 0.3) is 0 Å². The maximum Gasteiger partial charge on any atom is 0.236 e. The SMILES string of the molecule is N#Cc1ccc(OC2=NC(C3=CC(Cl)NC=C3)Nc3ccsc32)cc1. The molecular weight excluding hydrogens is 356 g/mol. The topological polar surface area (TPSA) is 69.4 Å². The standard InChI is InChI=1S/C18H13ClN4OS/c19-15-9-12(5-7-21-15)17-22-14-6-8-25-16(14)18(23-17)24-13-3-1-11(10-20)2-4-13/h1-9,15,17,21-22H. The first kappa shape index (κ1) is 15.8. The van der Waals surface area contributed by atoms with Crippen LogP contribution in [-0.2, 0) is 0 Å². The average Bonchev–Trinajstić information content (AvgIpc) is 3.11. The summed E-state index contributed by atoms with van der Waals surface area (Å²) in [6.07, 6.45) is 5.40. The number of nitriles is 1. The highest BCUT2D eigenvalue weighted by Crippen LogP contribution is 2.31. The Kier molecular flexibility index (Phi) is 4.18. The van der Waals surface area contributed by atoms with Gasteiger partial charge >= 0.3 is 0 Å². The molecule has 25 heavy (non-hydrogen) atoms. The first-order valence-electron chi connectivity index (χ1n) is 7.61. The van der Waals surface area contributed by atoms with Crippen LogP contribution < -0.4 is 15.4 Å². The molecule has 2 N–H and O–H groups in total. The van der Waals surface area contributed by atoms with E-state index in [4.69, 9.17) is 26.6 Å². The summed E-state index contributed by atoms with van der Waals surface area (Å²) in [6, 6.07) is 11.1. The molecule has 4 rings (SSSR count). The lowest BCUT2D eigenvalue weighted by Gasteiger charge is -2.25. The third kappa shape index (κ3) is 3.25. The van der Waals surface area contributed by atoms with Crippen molar-refractivity contribution in [3.8, 4) is 11.8 Å². The number of nitrogens with one attached hydrogen (secondary N) is 2. The second-order valence-electron chi connectivity index (χ2n) is 5.45. The number of thiophene rings is 1. The number of alkyl halides is 1. The average molecular weight is 369 g/mol.